The molecule has 13 heteroatoms. The molecule has 0 bridgehead atoms. The van der Waals surface area contributed by atoms with Crippen LogP contribution in [0, 0.1) is 12.8 Å². The number of nitrogens with one attached hydrogen (secondary N) is 1. The van der Waals surface area contributed by atoms with Crippen molar-refractivity contribution in [1.82, 2.24) is 19.6 Å². The molecular formula is C39H52BrN5O7. The first-order valence-electron chi connectivity index (χ1n) is 18.9. The fourth-order valence-electron chi connectivity index (χ4n) is 8.25. The number of phenolic OH excluding ortho intramolecular Hbond substituents is 1. The third-order valence-electron chi connectivity index (χ3n) is 11.3. The Kier molecular flexibility index (Phi) is 12.6. The molecule has 0 aliphatic carbocycles. The molecule has 0 saturated carbocycles. The zero-order chi connectivity index (χ0) is 36.8. The summed E-state index contributed by atoms with van der Waals surface area (Å²) in [7, 11) is 0. The maximum absolute atomic E-state index is 14.1. The third kappa shape index (κ3) is 9.20. The average Bonchev–Trinajstić information content (AvgIpc) is 3.31. The molecule has 1 atom stereocenters. The van der Waals surface area contributed by atoms with Crippen molar-refractivity contribution in [2.75, 3.05) is 57.7 Å². The van der Waals surface area contributed by atoms with Gasteiger partial charge in [0, 0.05) is 63.3 Å². The van der Waals surface area contributed by atoms with Crippen LogP contribution in [0.2, 0.25) is 0 Å². The fourth-order valence-corrected chi connectivity index (χ4v) is 8.85. The summed E-state index contributed by atoms with van der Waals surface area (Å²) in [6, 6.07) is 11.7. The first-order chi connectivity index (χ1) is 25.1. The van der Waals surface area contributed by atoms with Crippen molar-refractivity contribution in [3.8, 4) is 5.75 Å². The number of benzene rings is 2. The Hall–Kier alpha value is -3.84. The van der Waals surface area contributed by atoms with E-state index < -0.39 is 12.2 Å². The van der Waals surface area contributed by atoms with Crippen molar-refractivity contribution >= 4 is 45.6 Å². The monoisotopic (exact) mass is 781 g/mol. The summed E-state index contributed by atoms with van der Waals surface area (Å²) < 4.78 is 11.7. The number of fused-ring (bicyclic) bond motifs is 1. The number of esters is 1. The summed E-state index contributed by atoms with van der Waals surface area (Å²) in [6.45, 7) is 8.52. The standard InChI is InChI=1S/C39H52BrN5O7/c1-3-51-35(46)25-27-8-15-42(16-9-27)30-11-17-43(18-12-30)37(48)34(24-28-22-26(2)36(47)32(40)23-28)52-39(50)44-19-13-31(14-20-44)45-21-10-29-6-4-5-7-33(29)41-38(45)49/h4-7,22-23,27,30-31,34,47H,3,8-21,24-25H2,1-2H3,(H,41,49)/t34-/m1/s1. The van der Waals surface area contributed by atoms with Crippen molar-refractivity contribution < 1.29 is 33.8 Å². The van der Waals surface area contributed by atoms with E-state index >= 15 is 0 Å². The molecule has 3 saturated heterocycles. The van der Waals surface area contributed by atoms with Crippen LogP contribution in [0.1, 0.15) is 68.6 Å². The van der Waals surface area contributed by atoms with Crippen LogP contribution in [-0.4, -0.2) is 119 Å². The van der Waals surface area contributed by atoms with E-state index in [1.54, 1.807) is 17.9 Å². The Morgan fingerprint density at radius 1 is 0.923 bits per heavy atom. The normalized spacial score (nSPS) is 20.1. The molecule has 0 radical (unpaired) electrons. The van der Waals surface area contributed by atoms with Gasteiger partial charge in [0.1, 0.15) is 5.75 Å². The van der Waals surface area contributed by atoms with Gasteiger partial charge in [0.05, 0.1) is 11.1 Å². The first kappa shape index (κ1) is 37.9. The highest BCUT2D eigenvalue weighted by Crippen LogP contribution is 2.31. The number of piperidine rings is 3. The molecule has 282 valence electrons. The molecular weight excluding hydrogens is 730 g/mol. The SMILES string of the molecule is CCOC(=O)CC1CCN(C2CCN(C(=O)[C@@H](Cc3cc(C)c(O)c(Br)c3)OC(=O)N3CCC(N4CCc5ccccc5NC4=O)CC3)CC2)CC1. The maximum atomic E-state index is 14.1. The Morgan fingerprint density at radius 2 is 1.60 bits per heavy atom. The number of amides is 4. The number of urea groups is 1. The molecule has 3 fully saturated rings. The van der Waals surface area contributed by atoms with Gasteiger partial charge in [-0.3, -0.25) is 9.59 Å². The highest BCUT2D eigenvalue weighted by Gasteiger charge is 2.37. The van der Waals surface area contributed by atoms with Crippen molar-refractivity contribution in [3.05, 3.63) is 57.6 Å². The zero-order valence-corrected chi connectivity index (χ0v) is 31.9. The molecule has 52 heavy (non-hydrogen) atoms. The Labute approximate surface area is 314 Å². The lowest BCUT2D eigenvalue weighted by Crippen LogP contribution is -2.53. The number of anilines is 1. The predicted molar refractivity (Wildman–Crippen MR) is 200 cm³/mol. The lowest BCUT2D eigenvalue weighted by Gasteiger charge is -2.42. The Bertz CT molecular complexity index is 1580. The van der Waals surface area contributed by atoms with E-state index in [1.807, 2.05) is 47.1 Å². The van der Waals surface area contributed by atoms with Gasteiger partial charge in [0.2, 0.25) is 0 Å². The lowest BCUT2D eigenvalue weighted by molar-refractivity contribution is -0.144. The van der Waals surface area contributed by atoms with Gasteiger partial charge in [-0.05, 0) is 123 Å². The lowest BCUT2D eigenvalue weighted by atomic mass is 9.91. The van der Waals surface area contributed by atoms with Gasteiger partial charge in [-0.2, -0.15) is 0 Å². The van der Waals surface area contributed by atoms with Gasteiger partial charge in [0.25, 0.3) is 5.91 Å². The van der Waals surface area contributed by atoms with Gasteiger partial charge in [-0.1, -0.05) is 24.3 Å². The summed E-state index contributed by atoms with van der Waals surface area (Å²) in [6.07, 6.45) is 4.72. The molecule has 2 aromatic rings. The number of likely N-dealkylation sites (tertiary alicyclic amines) is 3. The molecule has 4 aliphatic rings. The van der Waals surface area contributed by atoms with Gasteiger partial charge in [-0.25, -0.2) is 9.59 Å². The number of hydrogen-bond donors (Lipinski definition) is 2. The molecule has 2 aromatic carbocycles. The van der Waals surface area contributed by atoms with Crippen LogP contribution in [0.15, 0.2) is 40.9 Å². The smallest absolute Gasteiger partial charge is 0.410 e. The minimum Gasteiger partial charge on any atom is -0.506 e. The predicted octanol–water partition coefficient (Wildman–Crippen LogP) is 5.72. The van der Waals surface area contributed by atoms with Crippen molar-refractivity contribution in [2.24, 2.45) is 5.92 Å². The second-order valence-electron chi connectivity index (χ2n) is 14.6. The van der Waals surface area contributed by atoms with Crippen LogP contribution in [0.5, 0.6) is 5.75 Å². The number of rotatable bonds is 9. The van der Waals surface area contributed by atoms with Gasteiger partial charge < -0.3 is 39.5 Å². The summed E-state index contributed by atoms with van der Waals surface area (Å²) in [4.78, 5) is 60.7. The van der Waals surface area contributed by atoms with E-state index in [2.05, 4.69) is 26.1 Å². The molecule has 4 heterocycles. The van der Waals surface area contributed by atoms with E-state index in [-0.39, 0.29) is 36.1 Å². The number of para-hydroxylation sites is 1. The van der Waals surface area contributed by atoms with Crippen LogP contribution < -0.4 is 5.32 Å². The van der Waals surface area contributed by atoms with Crippen LogP contribution >= 0.6 is 15.9 Å². The summed E-state index contributed by atoms with van der Waals surface area (Å²) >= 11 is 3.42. The minimum atomic E-state index is -1.02. The van der Waals surface area contributed by atoms with Gasteiger partial charge in [0.15, 0.2) is 6.10 Å². The fraction of sp³-hybridized carbons (Fsp3) is 0.590. The molecule has 0 aromatic heterocycles. The number of ether oxygens (including phenoxy) is 2. The van der Waals surface area contributed by atoms with Crippen molar-refractivity contribution in [2.45, 2.75) is 89.8 Å². The number of nitrogens with zero attached hydrogens (tertiary/aromatic N) is 4. The molecule has 0 spiro atoms. The number of carbonyl (C=O) groups excluding carboxylic acids is 4. The van der Waals surface area contributed by atoms with E-state index in [0.29, 0.717) is 80.6 Å². The van der Waals surface area contributed by atoms with Gasteiger partial charge in [-0.15, -0.1) is 0 Å². The molecule has 0 unspecified atom stereocenters. The number of hydrogen-bond acceptors (Lipinski definition) is 8. The van der Waals surface area contributed by atoms with Crippen LogP contribution in [0.4, 0.5) is 15.3 Å². The number of halogens is 1. The Morgan fingerprint density at radius 3 is 2.29 bits per heavy atom. The topological polar surface area (TPSA) is 132 Å². The molecule has 6 rings (SSSR count). The highest BCUT2D eigenvalue weighted by atomic mass is 79.9. The summed E-state index contributed by atoms with van der Waals surface area (Å²) in [5.74, 6) is 0.169. The van der Waals surface area contributed by atoms with Crippen molar-refractivity contribution in [1.29, 1.82) is 0 Å². The molecule has 4 amide bonds. The Balaban J connectivity index is 1.05. The van der Waals surface area contributed by atoms with E-state index in [1.165, 1.54) is 0 Å². The average molecular weight is 783 g/mol. The number of aromatic hydroxyl groups is 1. The molecule has 4 aliphatic heterocycles. The largest absolute Gasteiger partial charge is 0.506 e. The quantitative estimate of drug-likeness (QED) is 0.309. The number of phenols is 1. The first-order valence-corrected chi connectivity index (χ1v) is 19.7. The second-order valence-corrected chi connectivity index (χ2v) is 15.5. The number of aryl methyl sites for hydroxylation is 1. The number of carbonyl (C=O) groups is 4. The zero-order valence-electron chi connectivity index (χ0n) is 30.4. The minimum absolute atomic E-state index is 0.00207. The highest BCUT2D eigenvalue weighted by molar-refractivity contribution is 9.10. The summed E-state index contributed by atoms with van der Waals surface area (Å²) in [5, 5.41) is 13.4. The van der Waals surface area contributed by atoms with E-state index in [9.17, 15) is 24.3 Å². The summed E-state index contributed by atoms with van der Waals surface area (Å²) in [5.41, 5.74) is 3.40. The van der Waals surface area contributed by atoms with Crippen molar-refractivity contribution in [3.63, 3.8) is 0 Å². The molecule has 12 nitrogen and oxygen atoms in total. The maximum Gasteiger partial charge on any atom is 0.410 e. The van der Waals surface area contributed by atoms with E-state index in [0.717, 1.165) is 62.0 Å². The van der Waals surface area contributed by atoms with Crippen LogP contribution in [0.3, 0.4) is 0 Å². The molecule has 2 N–H and O–H groups in total. The second kappa shape index (κ2) is 17.3. The van der Waals surface area contributed by atoms with E-state index in [4.69, 9.17) is 9.47 Å². The van der Waals surface area contributed by atoms with Crippen LogP contribution in [-0.2, 0) is 31.9 Å². The van der Waals surface area contributed by atoms with Crippen LogP contribution in [0.25, 0.3) is 0 Å². The van der Waals surface area contributed by atoms with Gasteiger partial charge >= 0.3 is 18.1 Å². The third-order valence-corrected chi connectivity index (χ3v) is 11.9.